The van der Waals surface area contributed by atoms with Crippen LogP contribution in [0.15, 0.2) is 41.5 Å². The van der Waals surface area contributed by atoms with Gasteiger partial charge in [-0.1, -0.05) is 0 Å². The van der Waals surface area contributed by atoms with E-state index in [4.69, 9.17) is 14.2 Å². The molecule has 7 nitrogen and oxygen atoms in total. The lowest BCUT2D eigenvalue weighted by Gasteiger charge is -2.16. The molecule has 0 saturated heterocycles. The van der Waals surface area contributed by atoms with Crippen molar-refractivity contribution in [3.8, 4) is 17.2 Å². The largest absolute Gasteiger partial charge is 0.493 e. The first-order chi connectivity index (χ1) is 14.6. The maximum absolute atomic E-state index is 13.5. The highest BCUT2D eigenvalue weighted by atomic mass is 127. The number of rotatable bonds is 8. The monoisotopic (exact) mass is 542 g/mol. The summed E-state index contributed by atoms with van der Waals surface area (Å²) < 4.78 is 29.7. The summed E-state index contributed by atoms with van der Waals surface area (Å²) in [5, 5.41) is 7.45. The number of methoxy groups -OCH3 is 3. The molecule has 0 aliphatic heterocycles. The molecule has 9 heteroatoms. The van der Waals surface area contributed by atoms with Crippen LogP contribution in [0.4, 0.5) is 4.39 Å². The number of hydrogen-bond acceptors (Lipinski definition) is 4. The van der Waals surface area contributed by atoms with Crippen molar-refractivity contribution in [2.75, 3.05) is 34.9 Å². The molecule has 0 unspecified atom stereocenters. The molecule has 0 amide bonds. The van der Waals surface area contributed by atoms with E-state index in [1.165, 1.54) is 6.07 Å². The van der Waals surface area contributed by atoms with Gasteiger partial charge in [0.25, 0.3) is 0 Å². The van der Waals surface area contributed by atoms with Gasteiger partial charge in [-0.25, -0.2) is 4.39 Å². The number of H-pyrrole nitrogens is 1. The van der Waals surface area contributed by atoms with Crippen molar-refractivity contribution in [1.82, 2.24) is 15.6 Å². The number of aromatic amines is 1. The van der Waals surface area contributed by atoms with Crippen molar-refractivity contribution < 1.29 is 18.6 Å². The van der Waals surface area contributed by atoms with E-state index in [0.717, 1.165) is 28.5 Å². The number of nitrogens with one attached hydrogen (secondary N) is 3. The van der Waals surface area contributed by atoms with E-state index < -0.39 is 0 Å². The SMILES string of the molecule is CN=C(NCCc1c[nH]c2ccc(F)cc12)NCc1cc(OC)c(OC)c(OC)c1.I. The second-order valence-corrected chi connectivity index (χ2v) is 6.64. The lowest BCUT2D eigenvalue weighted by Crippen LogP contribution is -2.37. The minimum absolute atomic E-state index is 0. The van der Waals surface area contributed by atoms with E-state index in [-0.39, 0.29) is 29.8 Å². The maximum Gasteiger partial charge on any atom is 0.203 e. The zero-order valence-corrected chi connectivity index (χ0v) is 20.4. The zero-order chi connectivity index (χ0) is 21.5. The van der Waals surface area contributed by atoms with Crippen LogP contribution in [0.2, 0.25) is 0 Å². The Hall–Kier alpha value is -2.69. The topological polar surface area (TPSA) is 79.9 Å². The minimum atomic E-state index is -0.237. The Bertz CT molecular complexity index is 1010. The van der Waals surface area contributed by atoms with Crippen molar-refractivity contribution in [1.29, 1.82) is 0 Å². The second kappa shape index (κ2) is 11.6. The van der Waals surface area contributed by atoms with Crippen LogP contribution >= 0.6 is 24.0 Å². The number of aromatic nitrogens is 1. The third-order valence-electron chi connectivity index (χ3n) is 4.82. The Morgan fingerprint density at radius 3 is 2.35 bits per heavy atom. The highest BCUT2D eigenvalue weighted by Gasteiger charge is 2.13. The Morgan fingerprint density at radius 1 is 1.03 bits per heavy atom. The Balaban J connectivity index is 0.00000341. The van der Waals surface area contributed by atoms with Crippen molar-refractivity contribution in [2.45, 2.75) is 13.0 Å². The number of fused-ring (bicyclic) bond motifs is 1. The van der Waals surface area contributed by atoms with E-state index >= 15 is 0 Å². The lowest BCUT2D eigenvalue weighted by atomic mass is 10.1. The quantitative estimate of drug-likeness (QED) is 0.229. The summed E-state index contributed by atoms with van der Waals surface area (Å²) in [6.45, 7) is 1.17. The number of guanidine groups is 1. The molecule has 1 heterocycles. The average Bonchev–Trinajstić information content (AvgIpc) is 3.17. The highest BCUT2D eigenvalue weighted by molar-refractivity contribution is 14.0. The van der Waals surface area contributed by atoms with Gasteiger partial charge in [-0.15, -0.1) is 24.0 Å². The van der Waals surface area contributed by atoms with Crippen molar-refractivity contribution >= 4 is 40.8 Å². The summed E-state index contributed by atoms with van der Waals surface area (Å²) in [7, 11) is 6.47. The molecule has 0 radical (unpaired) electrons. The first-order valence-corrected chi connectivity index (χ1v) is 9.58. The summed E-state index contributed by atoms with van der Waals surface area (Å²) in [4.78, 5) is 7.43. The number of ether oxygens (including phenoxy) is 3. The van der Waals surface area contributed by atoms with Gasteiger partial charge in [-0.2, -0.15) is 0 Å². The van der Waals surface area contributed by atoms with E-state index in [2.05, 4.69) is 20.6 Å². The van der Waals surface area contributed by atoms with Gasteiger partial charge in [0.2, 0.25) is 5.75 Å². The fourth-order valence-electron chi connectivity index (χ4n) is 3.32. The van der Waals surface area contributed by atoms with Gasteiger partial charge < -0.3 is 29.8 Å². The van der Waals surface area contributed by atoms with Gasteiger partial charge in [-0.05, 0) is 47.9 Å². The average molecular weight is 542 g/mol. The molecular formula is C22H28FIN4O3. The number of halogens is 2. The normalized spacial score (nSPS) is 11.1. The van der Waals surface area contributed by atoms with Crippen LogP contribution in [0, 0.1) is 5.82 Å². The molecule has 0 bridgehead atoms. The van der Waals surface area contributed by atoms with E-state index in [1.54, 1.807) is 40.5 Å². The molecule has 168 valence electrons. The van der Waals surface area contributed by atoms with Crippen LogP contribution in [-0.2, 0) is 13.0 Å². The molecule has 3 N–H and O–H groups in total. The van der Waals surface area contributed by atoms with Crippen LogP contribution in [0.5, 0.6) is 17.2 Å². The summed E-state index contributed by atoms with van der Waals surface area (Å²) in [5.74, 6) is 2.18. The first kappa shape index (κ1) is 24.6. The molecule has 1 aromatic heterocycles. The van der Waals surface area contributed by atoms with Gasteiger partial charge >= 0.3 is 0 Å². The zero-order valence-electron chi connectivity index (χ0n) is 18.0. The fraction of sp³-hybridized carbons (Fsp3) is 0.318. The summed E-state index contributed by atoms with van der Waals surface area (Å²) >= 11 is 0. The van der Waals surface area contributed by atoms with Crippen LogP contribution in [0.25, 0.3) is 10.9 Å². The van der Waals surface area contributed by atoms with E-state index in [1.807, 2.05) is 18.3 Å². The molecule has 2 aromatic carbocycles. The Labute approximate surface area is 198 Å². The number of hydrogen-bond donors (Lipinski definition) is 3. The first-order valence-electron chi connectivity index (χ1n) is 9.58. The van der Waals surface area contributed by atoms with Crippen molar-refractivity contribution in [3.05, 3.63) is 53.5 Å². The molecule has 0 spiro atoms. The van der Waals surface area contributed by atoms with Gasteiger partial charge in [-0.3, -0.25) is 4.99 Å². The summed E-state index contributed by atoms with van der Waals surface area (Å²) in [6, 6.07) is 8.54. The Kier molecular flexibility index (Phi) is 9.22. The fourth-order valence-corrected chi connectivity index (χ4v) is 3.32. The lowest BCUT2D eigenvalue weighted by molar-refractivity contribution is 0.323. The summed E-state index contributed by atoms with van der Waals surface area (Å²) in [5.41, 5.74) is 2.94. The Morgan fingerprint density at radius 2 is 1.74 bits per heavy atom. The molecule has 0 aliphatic rings. The van der Waals surface area contributed by atoms with Crippen molar-refractivity contribution in [2.24, 2.45) is 4.99 Å². The van der Waals surface area contributed by atoms with E-state index in [0.29, 0.717) is 36.3 Å². The second-order valence-electron chi connectivity index (χ2n) is 6.64. The molecule has 0 atom stereocenters. The van der Waals surface area contributed by atoms with Crippen LogP contribution in [0.3, 0.4) is 0 Å². The molecule has 0 aliphatic carbocycles. The highest BCUT2D eigenvalue weighted by Crippen LogP contribution is 2.38. The van der Waals surface area contributed by atoms with Gasteiger partial charge in [0.05, 0.1) is 21.3 Å². The number of nitrogens with zero attached hydrogens (tertiary/aromatic N) is 1. The summed E-state index contributed by atoms with van der Waals surface area (Å²) in [6.07, 6.45) is 2.65. The smallest absolute Gasteiger partial charge is 0.203 e. The molecule has 0 saturated carbocycles. The van der Waals surface area contributed by atoms with Gasteiger partial charge in [0, 0.05) is 37.2 Å². The third-order valence-corrected chi connectivity index (χ3v) is 4.82. The predicted molar refractivity (Wildman–Crippen MR) is 132 cm³/mol. The maximum atomic E-state index is 13.5. The predicted octanol–water partition coefficient (Wildman–Crippen LogP) is 3.86. The molecule has 0 fully saturated rings. The van der Waals surface area contributed by atoms with Crippen molar-refractivity contribution in [3.63, 3.8) is 0 Å². The van der Waals surface area contributed by atoms with Crippen LogP contribution in [-0.4, -0.2) is 45.9 Å². The van der Waals surface area contributed by atoms with Gasteiger partial charge in [0.15, 0.2) is 17.5 Å². The molecular weight excluding hydrogens is 514 g/mol. The van der Waals surface area contributed by atoms with E-state index in [9.17, 15) is 4.39 Å². The molecule has 3 aromatic rings. The van der Waals surface area contributed by atoms with Crippen LogP contribution in [0.1, 0.15) is 11.1 Å². The molecule has 31 heavy (non-hydrogen) atoms. The minimum Gasteiger partial charge on any atom is -0.493 e. The molecule has 3 rings (SSSR count). The van der Waals surface area contributed by atoms with Gasteiger partial charge in [0.1, 0.15) is 5.82 Å². The standard InChI is InChI=1S/C22H27FN4O3.HI/c1-24-22(25-8-7-15-13-26-18-6-5-16(23)11-17(15)18)27-12-14-9-19(28-2)21(30-4)20(10-14)29-3;/h5-6,9-11,13,26H,7-8,12H2,1-4H3,(H2,24,25,27);1H. The number of aliphatic imine (C=N–C) groups is 1. The van der Waals surface area contributed by atoms with Crippen LogP contribution < -0.4 is 24.8 Å². The number of benzene rings is 2. The third kappa shape index (κ3) is 5.93.